The number of benzene rings is 1. The Morgan fingerprint density at radius 1 is 1.45 bits per heavy atom. The number of aromatic nitrogens is 1. The van der Waals surface area contributed by atoms with Crippen LogP contribution in [0.1, 0.15) is 28.3 Å². The number of rotatable bonds is 4. The van der Waals surface area contributed by atoms with Gasteiger partial charge < -0.3 is 16.0 Å². The van der Waals surface area contributed by atoms with Crippen molar-refractivity contribution in [3.8, 4) is 0 Å². The molecule has 2 aromatic rings. The van der Waals surface area contributed by atoms with Crippen molar-refractivity contribution in [2.75, 3.05) is 16.8 Å². The smallest absolute Gasteiger partial charge is 0.275 e. The summed E-state index contributed by atoms with van der Waals surface area (Å²) in [5.74, 6) is -0.156. The van der Waals surface area contributed by atoms with Crippen LogP contribution in [0.2, 0.25) is 0 Å². The predicted octanol–water partition coefficient (Wildman–Crippen LogP) is 1.98. The third-order valence-corrected chi connectivity index (χ3v) is 4.32. The molecule has 0 spiro atoms. The molecule has 3 N–H and O–H groups in total. The van der Waals surface area contributed by atoms with Gasteiger partial charge in [-0.25, -0.2) is 4.98 Å². The lowest BCUT2D eigenvalue weighted by molar-refractivity contribution is -0.117. The van der Waals surface area contributed by atoms with Crippen LogP contribution in [0.4, 0.5) is 11.4 Å². The maximum Gasteiger partial charge on any atom is 0.275 e. The van der Waals surface area contributed by atoms with Crippen LogP contribution in [0.15, 0.2) is 29.6 Å². The van der Waals surface area contributed by atoms with Gasteiger partial charge in [0.25, 0.3) is 5.91 Å². The average Bonchev–Trinajstić information content (AvgIpc) is 3.16. The maximum absolute atomic E-state index is 12.2. The van der Waals surface area contributed by atoms with E-state index in [4.69, 9.17) is 5.73 Å². The van der Waals surface area contributed by atoms with Crippen LogP contribution in [0, 0.1) is 0 Å². The predicted molar refractivity (Wildman–Crippen MR) is 86.0 cm³/mol. The van der Waals surface area contributed by atoms with Gasteiger partial charge in [-0.1, -0.05) is 6.07 Å². The van der Waals surface area contributed by atoms with E-state index in [0.29, 0.717) is 24.3 Å². The molecular weight excluding hydrogens is 300 g/mol. The van der Waals surface area contributed by atoms with Crippen molar-refractivity contribution in [1.82, 2.24) is 4.98 Å². The summed E-state index contributed by atoms with van der Waals surface area (Å²) in [6.45, 7) is 1.05. The van der Waals surface area contributed by atoms with Crippen molar-refractivity contribution in [2.45, 2.75) is 19.4 Å². The Morgan fingerprint density at radius 2 is 2.32 bits per heavy atom. The zero-order valence-corrected chi connectivity index (χ0v) is 12.7. The van der Waals surface area contributed by atoms with Crippen molar-refractivity contribution in [3.05, 3.63) is 40.3 Å². The van der Waals surface area contributed by atoms with Crippen molar-refractivity contribution in [3.63, 3.8) is 0 Å². The summed E-state index contributed by atoms with van der Waals surface area (Å²) in [5, 5.41) is 5.21. The van der Waals surface area contributed by atoms with Gasteiger partial charge in [-0.15, -0.1) is 11.3 Å². The molecular formula is C15H16N4O2S. The van der Waals surface area contributed by atoms with Crippen LogP contribution in [0.25, 0.3) is 0 Å². The number of nitrogens with two attached hydrogens (primary N) is 1. The first-order valence-electron chi connectivity index (χ1n) is 7.03. The molecule has 1 aromatic heterocycles. The van der Waals surface area contributed by atoms with Crippen molar-refractivity contribution < 1.29 is 9.59 Å². The third-order valence-electron chi connectivity index (χ3n) is 3.45. The summed E-state index contributed by atoms with van der Waals surface area (Å²) < 4.78 is 0. The number of carbonyl (C=O) groups excluding carboxylic acids is 2. The van der Waals surface area contributed by atoms with Crippen molar-refractivity contribution >= 4 is 34.5 Å². The lowest BCUT2D eigenvalue weighted by atomic mass is 10.2. The average molecular weight is 316 g/mol. The van der Waals surface area contributed by atoms with Gasteiger partial charge in [0.05, 0.1) is 0 Å². The van der Waals surface area contributed by atoms with Gasteiger partial charge in [0.1, 0.15) is 10.7 Å². The number of hydrogen-bond acceptors (Lipinski definition) is 5. The Hall–Kier alpha value is -2.25. The lowest BCUT2D eigenvalue weighted by Gasteiger charge is -2.16. The minimum Gasteiger partial charge on any atom is -0.325 e. The Labute approximate surface area is 132 Å². The van der Waals surface area contributed by atoms with Crippen LogP contribution in [0.5, 0.6) is 0 Å². The third kappa shape index (κ3) is 3.00. The molecule has 2 heterocycles. The largest absolute Gasteiger partial charge is 0.325 e. The van der Waals surface area contributed by atoms with E-state index in [1.165, 1.54) is 11.3 Å². The van der Waals surface area contributed by atoms with Crippen LogP contribution >= 0.6 is 11.3 Å². The minimum atomic E-state index is -0.277. The zero-order valence-electron chi connectivity index (χ0n) is 11.9. The normalized spacial score (nSPS) is 14.4. The topological polar surface area (TPSA) is 88.3 Å². The number of carbonyl (C=O) groups is 2. The summed E-state index contributed by atoms with van der Waals surface area (Å²) in [7, 11) is 0. The van der Waals surface area contributed by atoms with Crippen LogP contribution < -0.4 is 16.0 Å². The highest BCUT2D eigenvalue weighted by Gasteiger charge is 2.22. The second kappa shape index (κ2) is 6.25. The molecule has 1 aromatic carbocycles. The minimum absolute atomic E-state index is 0.121. The lowest BCUT2D eigenvalue weighted by Crippen LogP contribution is -2.23. The first kappa shape index (κ1) is 14.7. The van der Waals surface area contributed by atoms with Gasteiger partial charge in [0, 0.05) is 36.3 Å². The summed E-state index contributed by atoms with van der Waals surface area (Å²) in [6.07, 6.45) is 1.45. The fraction of sp³-hybridized carbons (Fsp3) is 0.267. The molecule has 114 valence electrons. The molecule has 1 aliphatic rings. The molecule has 1 fully saturated rings. The molecule has 0 atom stereocenters. The fourth-order valence-electron chi connectivity index (χ4n) is 2.38. The van der Waals surface area contributed by atoms with Gasteiger partial charge in [0.2, 0.25) is 5.91 Å². The molecule has 3 rings (SSSR count). The van der Waals surface area contributed by atoms with Gasteiger partial charge in [-0.05, 0) is 24.6 Å². The number of anilines is 2. The van der Waals surface area contributed by atoms with Crippen molar-refractivity contribution in [1.29, 1.82) is 0 Å². The van der Waals surface area contributed by atoms with Crippen molar-refractivity contribution in [2.24, 2.45) is 5.73 Å². The van der Waals surface area contributed by atoms with Gasteiger partial charge >= 0.3 is 0 Å². The van der Waals surface area contributed by atoms with E-state index in [0.717, 1.165) is 23.7 Å². The molecule has 7 heteroatoms. The highest BCUT2D eigenvalue weighted by Crippen LogP contribution is 2.24. The molecule has 1 aliphatic heterocycles. The standard InChI is InChI=1S/C15H16N4O2S/c16-8-13-18-12(9-22-13)15(21)17-10-3-1-4-11(7-10)19-6-2-5-14(19)20/h1,3-4,7,9H,2,5-6,8,16H2,(H,17,21). The number of amides is 2. The van der Waals surface area contributed by atoms with Gasteiger partial charge in [0.15, 0.2) is 0 Å². The fourth-order valence-corrected chi connectivity index (χ4v) is 3.03. The first-order chi connectivity index (χ1) is 10.7. The summed E-state index contributed by atoms with van der Waals surface area (Å²) >= 11 is 1.36. The molecule has 22 heavy (non-hydrogen) atoms. The summed E-state index contributed by atoms with van der Waals surface area (Å²) in [4.78, 5) is 29.8. The second-order valence-corrected chi connectivity index (χ2v) is 5.93. The van der Waals surface area contributed by atoms with Crippen LogP contribution in [-0.2, 0) is 11.3 Å². The Kier molecular flexibility index (Phi) is 4.17. The number of hydrogen-bond donors (Lipinski definition) is 2. The molecule has 0 bridgehead atoms. The molecule has 0 aliphatic carbocycles. The second-order valence-electron chi connectivity index (χ2n) is 4.98. The van der Waals surface area contributed by atoms with Gasteiger partial charge in [-0.3, -0.25) is 9.59 Å². The molecule has 2 amide bonds. The SMILES string of the molecule is NCc1nc(C(=O)Nc2cccc(N3CCCC3=O)c2)cs1. The molecule has 0 unspecified atom stereocenters. The van der Waals surface area contributed by atoms with E-state index in [1.807, 2.05) is 12.1 Å². The quantitative estimate of drug-likeness (QED) is 0.903. The zero-order chi connectivity index (χ0) is 15.5. The summed E-state index contributed by atoms with van der Waals surface area (Å²) in [5.41, 5.74) is 7.30. The first-order valence-corrected chi connectivity index (χ1v) is 7.91. The maximum atomic E-state index is 12.2. The van der Waals surface area contributed by atoms with E-state index in [9.17, 15) is 9.59 Å². The molecule has 6 nitrogen and oxygen atoms in total. The monoisotopic (exact) mass is 316 g/mol. The van der Waals surface area contributed by atoms with E-state index < -0.39 is 0 Å². The van der Waals surface area contributed by atoms with Gasteiger partial charge in [-0.2, -0.15) is 0 Å². The highest BCUT2D eigenvalue weighted by molar-refractivity contribution is 7.09. The Bertz CT molecular complexity index is 713. The van der Waals surface area contributed by atoms with Crippen LogP contribution in [0.3, 0.4) is 0 Å². The Morgan fingerprint density at radius 3 is 3.00 bits per heavy atom. The molecule has 1 saturated heterocycles. The van der Waals surface area contributed by atoms with E-state index >= 15 is 0 Å². The highest BCUT2D eigenvalue weighted by atomic mass is 32.1. The van der Waals surface area contributed by atoms with Crippen LogP contribution in [-0.4, -0.2) is 23.3 Å². The summed E-state index contributed by atoms with van der Waals surface area (Å²) in [6, 6.07) is 7.28. The molecule has 0 saturated carbocycles. The van der Waals surface area contributed by atoms with E-state index in [-0.39, 0.29) is 11.8 Å². The Balaban J connectivity index is 1.75. The number of thiazole rings is 1. The number of nitrogens with one attached hydrogen (secondary N) is 1. The van der Waals surface area contributed by atoms with E-state index in [1.54, 1.807) is 22.4 Å². The number of nitrogens with zero attached hydrogens (tertiary/aromatic N) is 2. The van der Waals surface area contributed by atoms with E-state index in [2.05, 4.69) is 10.3 Å². The molecule has 0 radical (unpaired) electrons.